The molecule has 0 aliphatic rings. The molecular formula is C18H14F4N2O5S. The highest BCUT2D eigenvalue weighted by Crippen LogP contribution is 2.35. The highest BCUT2D eigenvalue weighted by molar-refractivity contribution is 7.88. The highest BCUT2D eigenvalue weighted by Gasteiger charge is 2.49. The number of carbonyl (C=O) groups excluding carboxylic acids is 1. The Balaban J connectivity index is 2.12. The number of ether oxygens (including phenoxy) is 1. The number of esters is 1. The van der Waals surface area contributed by atoms with E-state index in [4.69, 9.17) is 4.74 Å². The van der Waals surface area contributed by atoms with Gasteiger partial charge < -0.3 is 13.5 Å². The summed E-state index contributed by atoms with van der Waals surface area (Å²) in [6.07, 6.45) is 2.62. The Labute approximate surface area is 168 Å². The summed E-state index contributed by atoms with van der Waals surface area (Å²) in [4.78, 5) is 15.9. The van der Waals surface area contributed by atoms with Gasteiger partial charge in [0, 0.05) is 18.1 Å². The second kappa shape index (κ2) is 7.94. The van der Waals surface area contributed by atoms with E-state index in [0.29, 0.717) is 5.56 Å². The third-order valence-electron chi connectivity index (χ3n) is 3.99. The van der Waals surface area contributed by atoms with Gasteiger partial charge >= 0.3 is 21.6 Å². The Hall–Kier alpha value is -3.15. The van der Waals surface area contributed by atoms with E-state index in [0.717, 1.165) is 0 Å². The number of fused-ring (bicyclic) bond motifs is 1. The first-order chi connectivity index (χ1) is 14.0. The molecule has 30 heavy (non-hydrogen) atoms. The van der Waals surface area contributed by atoms with Gasteiger partial charge in [-0.25, -0.2) is 14.2 Å². The summed E-state index contributed by atoms with van der Waals surface area (Å²) in [6.45, 7) is 1.52. The third-order valence-corrected chi connectivity index (χ3v) is 4.95. The second-order valence-electron chi connectivity index (χ2n) is 6.01. The maximum absolute atomic E-state index is 13.1. The van der Waals surface area contributed by atoms with Crippen LogP contribution in [-0.4, -0.2) is 36.1 Å². The molecule has 0 atom stereocenters. The molecule has 160 valence electrons. The number of hydrogen-bond acceptors (Lipinski definition) is 6. The number of aromatic nitrogens is 2. The fourth-order valence-corrected chi connectivity index (χ4v) is 3.13. The highest BCUT2D eigenvalue weighted by atomic mass is 32.2. The number of carbonyl (C=O) groups is 1. The standard InChI is InChI=1S/C18H14F4N2O5S/c1-2-28-17(25)15-16(29-30(26,27)18(20,21)22)13-7-8-24(14(13)9-23-15)10-11-3-5-12(19)6-4-11/h3-9H,2,10H2,1H3. The molecule has 12 heteroatoms. The van der Waals surface area contributed by atoms with E-state index in [1.54, 1.807) is 0 Å². The van der Waals surface area contributed by atoms with Crippen LogP contribution in [0.25, 0.3) is 10.9 Å². The van der Waals surface area contributed by atoms with Crippen molar-refractivity contribution in [1.29, 1.82) is 0 Å². The van der Waals surface area contributed by atoms with Crippen LogP contribution in [0.3, 0.4) is 0 Å². The van der Waals surface area contributed by atoms with Crippen LogP contribution < -0.4 is 4.18 Å². The van der Waals surface area contributed by atoms with E-state index in [9.17, 15) is 30.8 Å². The normalized spacial score (nSPS) is 12.2. The number of nitrogens with zero attached hydrogens (tertiary/aromatic N) is 2. The lowest BCUT2D eigenvalue weighted by atomic mass is 10.2. The lowest BCUT2D eigenvalue weighted by Crippen LogP contribution is -2.29. The van der Waals surface area contributed by atoms with Crippen molar-refractivity contribution in [3.05, 3.63) is 59.8 Å². The van der Waals surface area contributed by atoms with E-state index in [-0.39, 0.29) is 24.1 Å². The van der Waals surface area contributed by atoms with Gasteiger partial charge in [0.25, 0.3) is 0 Å². The summed E-state index contributed by atoms with van der Waals surface area (Å²) < 4.78 is 85.3. The van der Waals surface area contributed by atoms with Gasteiger partial charge in [-0.3, -0.25) is 0 Å². The fraction of sp³-hybridized carbons (Fsp3) is 0.222. The molecule has 7 nitrogen and oxygen atoms in total. The Morgan fingerprint density at radius 3 is 2.43 bits per heavy atom. The van der Waals surface area contributed by atoms with Gasteiger partial charge in [0.05, 0.1) is 18.3 Å². The van der Waals surface area contributed by atoms with Crippen molar-refractivity contribution in [1.82, 2.24) is 9.55 Å². The summed E-state index contributed by atoms with van der Waals surface area (Å²) in [5, 5.41) is -0.0945. The van der Waals surface area contributed by atoms with Gasteiger partial charge in [-0.1, -0.05) is 12.1 Å². The first-order valence-electron chi connectivity index (χ1n) is 8.43. The zero-order chi connectivity index (χ0) is 22.1. The van der Waals surface area contributed by atoms with Crippen LogP contribution >= 0.6 is 0 Å². The molecular weight excluding hydrogens is 432 g/mol. The van der Waals surface area contributed by atoms with Crippen LogP contribution in [0.4, 0.5) is 17.6 Å². The lowest BCUT2D eigenvalue weighted by molar-refractivity contribution is -0.0500. The molecule has 2 heterocycles. The molecule has 3 rings (SSSR count). The average molecular weight is 446 g/mol. The van der Waals surface area contributed by atoms with E-state index >= 15 is 0 Å². The molecule has 0 N–H and O–H groups in total. The maximum atomic E-state index is 13.1. The monoisotopic (exact) mass is 446 g/mol. The van der Waals surface area contributed by atoms with Crippen molar-refractivity contribution in [2.24, 2.45) is 0 Å². The van der Waals surface area contributed by atoms with Gasteiger partial charge in [0.2, 0.25) is 0 Å². The van der Waals surface area contributed by atoms with Gasteiger partial charge in [-0.2, -0.15) is 21.6 Å². The topological polar surface area (TPSA) is 87.5 Å². The molecule has 2 aromatic heterocycles. The van der Waals surface area contributed by atoms with Gasteiger partial charge in [0.15, 0.2) is 11.4 Å². The SMILES string of the molecule is CCOC(=O)c1ncc2c(ccn2Cc2ccc(F)cc2)c1OS(=O)(=O)C(F)(F)F. The van der Waals surface area contributed by atoms with Gasteiger partial charge in [0.1, 0.15) is 5.82 Å². The summed E-state index contributed by atoms with van der Waals surface area (Å²) in [5.41, 5.74) is -5.57. The first-order valence-corrected chi connectivity index (χ1v) is 9.84. The smallest absolute Gasteiger partial charge is 0.461 e. The van der Waals surface area contributed by atoms with Crippen LogP contribution in [0.5, 0.6) is 5.75 Å². The van der Waals surface area contributed by atoms with E-state index in [2.05, 4.69) is 9.17 Å². The lowest BCUT2D eigenvalue weighted by Gasteiger charge is -2.13. The molecule has 0 radical (unpaired) electrons. The molecule has 0 aliphatic carbocycles. The number of rotatable bonds is 6. The minimum atomic E-state index is -6.07. The molecule has 0 fully saturated rings. The minimum absolute atomic E-state index is 0.0945. The average Bonchev–Trinajstić information content (AvgIpc) is 3.06. The molecule has 0 saturated heterocycles. The number of pyridine rings is 1. The van der Waals surface area contributed by atoms with Crippen LogP contribution in [-0.2, 0) is 21.4 Å². The maximum Gasteiger partial charge on any atom is 0.534 e. The van der Waals surface area contributed by atoms with Crippen molar-refractivity contribution < 1.29 is 39.7 Å². The Morgan fingerprint density at radius 1 is 1.17 bits per heavy atom. The summed E-state index contributed by atoms with van der Waals surface area (Å²) >= 11 is 0. The second-order valence-corrected chi connectivity index (χ2v) is 7.55. The number of halogens is 4. The van der Waals surface area contributed by atoms with E-state index in [1.807, 2.05) is 0 Å². The molecule has 0 saturated carbocycles. The molecule has 0 aliphatic heterocycles. The van der Waals surface area contributed by atoms with Crippen LogP contribution in [0.2, 0.25) is 0 Å². The molecule has 0 bridgehead atoms. The summed E-state index contributed by atoms with van der Waals surface area (Å²) in [6, 6.07) is 6.77. The van der Waals surface area contributed by atoms with Crippen LogP contribution in [0.1, 0.15) is 23.0 Å². The predicted octanol–water partition coefficient (Wildman–Crippen LogP) is 3.63. The third kappa shape index (κ3) is 4.22. The minimum Gasteiger partial charge on any atom is -0.461 e. The van der Waals surface area contributed by atoms with Crippen molar-refractivity contribution in [2.45, 2.75) is 19.0 Å². The Kier molecular flexibility index (Phi) is 5.70. The zero-order valence-corrected chi connectivity index (χ0v) is 16.1. The van der Waals surface area contributed by atoms with Crippen LogP contribution in [0, 0.1) is 5.82 Å². The Bertz CT molecular complexity index is 1190. The van der Waals surface area contributed by atoms with Crippen molar-refractivity contribution in [2.75, 3.05) is 6.61 Å². The number of hydrogen-bond donors (Lipinski definition) is 0. The predicted molar refractivity (Wildman–Crippen MR) is 96.8 cm³/mol. The van der Waals surface area contributed by atoms with Crippen molar-refractivity contribution >= 4 is 27.0 Å². The molecule has 0 spiro atoms. The van der Waals surface area contributed by atoms with Crippen LogP contribution in [0.15, 0.2) is 42.7 Å². The summed E-state index contributed by atoms with van der Waals surface area (Å²) in [7, 11) is -6.07. The van der Waals surface area contributed by atoms with Gasteiger partial charge in [-0.15, -0.1) is 0 Å². The molecule has 0 unspecified atom stereocenters. The number of alkyl halides is 3. The van der Waals surface area contributed by atoms with Gasteiger partial charge in [-0.05, 0) is 30.7 Å². The largest absolute Gasteiger partial charge is 0.534 e. The summed E-state index contributed by atoms with van der Waals surface area (Å²) in [5.74, 6) is -2.47. The zero-order valence-electron chi connectivity index (χ0n) is 15.3. The quantitative estimate of drug-likeness (QED) is 0.249. The molecule has 0 amide bonds. The Morgan fingerprint density at radius 2 is 1.83 bits per heavy atom. The van der Waals surface area contributed by atoms with Crippen molar-refractivity contribution in [3.63, 3.8) is 0 Å². The number of benzene rings is 1. The van der Waals surface area contributed by atoms with Crippen molar-refractivity contribution in [3.8, 4) is 5.75 Å². The fourth-order valence-electron chi connectivity index (χ4n) is 2.64. The molecule has 3 aromatic rings. The van der Waals surface area contributed by atoms with E-state index in [1.165, 1.54) is 54.2 Å². The molecule has 1 aromatic carbocycles. The first kappa shape index (κ1) is 21.6. The van der Waals surface area contributed by atoms with E-state index < -0.39 is 38.9 Å².